The van der Waals surface area contributed by atoms with Crippen molar-refractivity contribution >= 4 is 37.9 Å². The molecule has 4 aromatic carbocycles. The number of para-hydroxylation sites is 1. The number of rotatable bonds is 4. The number of halogens is 1. The molecule has 7 rings (SSSR count). The van der Waals surface area contributed by atoms with E-state index in [4.69, 9.17) is 14.4 Å². The van der Waals surface area contributed by atoms with Gasteiger partial charge in [0.2, 0.25) is 0 Å². The van der Waals surface area contributed by atoms with E-state index in [-0.39, 0.29) is 0 Å². The first-order valence-corrected chi connectivity index (χ1v) is 14.1. The fourth-order valence-electron chi connectivity index (χ4n) is 5.62. The van der Waals surface area contributed by atoms with E-state index in [1.165, 1.54) is 16.7 Å². The van der Waals surface area contributed by atoms with Gasteiger partial charge in [-0.25, -0.2) is 9.97 Å². The van der Waals surface area contributed by atoms with E-state index < -0.39 is 0 Å². The van der Waals surface area contributed by atoms with Gasteiger partial charge in [-0.15, -0.1) is 0 Å². The Balaban J connectivity index is 1.53. The summed E-state index contributed by atoms with van der Waals surface area (Å²) in [4.78, 5) is 9.91. The van der Waals surface area contributed by atoms with Crippen LogP contribution in [0.15, 0.2) is 124 Å². The van der Waals surface area contributed by atoms with E-state index in [1.807, 2.05) is 36.4 Å². The molecule has 7 aromatic rings. The molecule has 0 aliphatic rings. The first-order valence-electron chi connectivity index (χ1n) is 13.3. The van der Waals surface area contributed by atoms with Gasteiger partial charge in [-0.3, -0.25) is 0 Å². The van der Waals surface area contributed by atoms with Crippen LogP contribution in [0.2, 0.25) is 0 Å². The number of hydrogen-bond acceptors (Lipinski definition) is 3. The smallest absolute Gasteiger partial charge is 0.136 e. The molecule has 0 saturated heterocycles. The van der Waals surface area contributed by atoms with Crippen LogP contribution in [0.5, 0.6) is 0 Å². The van der Waals surface area contributed by atoms with Crippen LogP contribution in [0, 0.1) is 13.8 Å². The summed E-state index contributed by atoms with van der Waals surface area (Å²) >= 11 is 3.54. The van der Waals surface area contributed by atoms with Gasteiger partial charge in [-0.1, -0.05) is 72.8 Å². The van der Waals surface area contributed by atoms with Crippen molar-refractivity contribution < 1.29 is 4.42 Å². The number of furan rings is 1. The van der Waals surface area contributed by atoms with Crippen molar-refractivity contribution in [3.8, 4) is 44.9 Å². The van der Waals surface area contributed by atoms with E-state index in [2.05, 4.69) is 109 Å². The van der Waals surface area contributed by atoms with Crippen molar-refractivity contribution in [1.82, 2.24) is 9.97 Å². The fourth-order valence-corrected chi connectivity index (χ4v) is 5.97. The van der Waals surface area contributed by atoms with Crippen LogP contribution in [0.1, 0.15) is 11.1 Å². The second-order valence-corrected chi connectivity index (χ2v) is 10.9. The second kappa shape index (κ2) is 9.89. The highest BCUT2D eigenvalue weighted by Gasteiger charge is 2.18. The predicted octanol–water partition coefficient (Wildman–Crippen LogP) is 10.4. The third-order valence-corrected chi connectivity index (χ3v) is 7.87. The lowest BCUT2D eigenvalue weighted by Crippen LogP contribution is -1.95. The lowest BCUT2D eigenvalue weighted by molar-refractivity contribution is 0.669. The lowest BCUT2D eigenvalue weighted by atomic mass is 9.92. The first-order chi connectivity index (χ1) is 19.5. The summed E-state index contributed by atoms with van der Waals surface area (Å²) in [6, 6.07) is 39.8. The summed E-state index contributed by atoms with van der Waals surface area (Å²) in [6.07, 6.45) is 0. The molecule has 0 unspecified atom stereocenters. The highest BCUT2D eigenvalue weighted by Crippen LogP contribution is 2.41. The molecule has 0 N–H and O–H groups in total. The standard InChI is InChI=1S/C36H25BrN2O/c1-22-10-8-11-23(2)35(22)26-19-30(38-31(20-26)29-15-9-17-34(37)39-29)25-18-28(24-12-4-3-5-13-24)36-27-14-6-7-16-32(27)40-33(36)21-25/h3-21H,1-2H3. The van der Waals surface area contributed by atoms with Crippen LogP contribution in [0.3, 0.4) is 0 Å². The molecule has 3 heterocycles. The minimum Gasteiger partial charge on any atom is -0.456 e. The van der Waals surface area contributed by atoms with Crippen LogP contribution < -0.4 is 0 Å². The number of benzene rings is 4. The molecule has 0 bridgehead atoms. The van der Waals surface area contributed by atoms with E-state index in [0.29, 0.717) is 0 Å². The van der Waals surface area contributed by atoms with Crippen LogP contribution in [-0.4, -0.2) is 9.97 Å². The molecular weight excluding hydrogens is 556 g/mol. The van der Waals surface area contributed by atoms with Gasteiger partial charge in [-0.2, -0.15) is 0 Å². The van der Waals surface area contributed by atoms with Crippen molar-refractivity contribution in [2.24, 2.45) is 0 Å². The summed E-state index contributed by atoms with van der Waals surface area (Å²) in [6.45, 7) is 4.32. The van der Waals surface area contributed by atoms with Crippen LogP contribution >= 0.6 is 15.9 Å². The van der Waals surface area contributed by atoms with Crippen LogP contribution in [-0.2, 0) is 0 Å². The second-order valence-electron chi connectivity index (χ2n) is 10.1. The summed E-state index contributed by atoms with van der Waals surface area (Å²) in [5, 5.41) is 2.23. The molecule has 0 saturated carbocycles. The fraction of sp³-hybridized carbons (Fsp3) is 0.0556. The zero-order chi connectivity index (χ0) is 27.2. The lowest BCUT2D eigenvalue weighted by Gasteiger charge is -2.15. The molecule has 0 fully saturated rings. The Morgan fingerprint density at radius 3 is 2.08 bits per heavy atom. The number of aromatic nitrogens is 2. The Morgan fingerprint density at radius 2 is 1.27 bits per heavy atom. The molecule has 40 heavy (non-hydrogen) atoms. The molecule has 0 aliphatic heterocycles. The summed E-state index contributed by atoms with van der Waals surface area (Å²) < 4.78 is 7.19. The average molecular weight is 582 g/mol. The van der Waals surface area contributed by atoms with Gasteiger partial charge in [0.25, 0.3) is 0 Å². The van der Waals surface area contributed by atoms with Gasteiger partial charge in [0.1, 0.15) is 15.8 Å². The predicted molar refractivity (Wildman–Crippen MR) is 168 cm³/mol. The zero-order valence-electron chi connectivity index (χ0n) is 22.2. The number of aryl methyl sites for hydroxylation is 2. The highest BCUT2D eigenvalue weighted by atomic mass is 79.9. The largest absolute Gasteiger partial charge is 0.456 e. The number of hydrogen-bond donors (Lipinski definition) is 0. The third-order valence-electron chi connectivity index (χ3n) is 7.43. The molecule has 192 valence electrons. The quantitative estimate of drug-likeness (QED) is 0.194. The summed E-state index contributed by atoms with van der Waals surface area (Å²) in [5.74, 6) is 0. The van der Waals surface area contributed by atoms with E-state index in [9.17, 15) is 0 Å². The molecule has 3 aromatic heterocycles. The zero-order valence-corrected chi connectivity index (χ0v) is 23.7. The summed E-state index contributed by atoms with van der Waals surface area (Å²) in [5.41, 5.74) is 12.3. The van der Waals surface area contributed by atoms with Crippen molar-refractivity contribution in [3.05, 3.63) is 131 Å². The Hall–Kier alpha value is -4.54. The average Bonchev–Trinajstić information content (AvgIpc) is 3.36. The van der Waals surface area contributed by atoms with E-state index in [0.717, 1.165) is 65.9 Å². The van der Waals surface area contributed by atoms with E-state index >= 15 is 0 Å². The molecule has 0 amide bonds. The van der Waals surface area contributed by atoms with Gasteiger partial charge < -0.3 is 4.42 Å². The van der Waals surface area contributed by atoms with E-state index in [1.54, 1.807) is 0 Å². The molecule has 0 atom stereocenters. The SMILES string of the molecule is Cc1cccc(C)c1-c1cc(-c2cc(-c3ccccc3)c3c(c2)oc2ccccc23)nc(-c2cccc(Br)n2)c1. The molecule has 0 radical (unpaired) electrons. The maximum atomic E-state index is 6.41. The Labute approximate surface area is 241 Å². The van der Waals surface area contributed by atoms with Crippen molar-refractivity contribution in [1.29, 1.82) is 0 Å². The Kier molecular flexibility index (Phi) is 6.06. The minimum absolute atomic E-state index is 0.779. The van der Waals surface area contributed by atoms with Crippen molar-refractivity contribution in [2.75, 3.05) is 0 Å². The topological polar surface area (TPSA) is 38.9 Å². The normalized spacial score (nSPS) is 11.4. The van der Waals surface area contributed by atoms with Crippen LogP contribution in [0.25, 0.3) is 66.8 Å². The molecule has 0 aliphatic carbocycles. The summed E-state index contributed by atoms with van der Waals surface area (Å²) in [7, 11) is 0. The van der Waals surface area contributed by atoms with Gasteiger partial charge in [0.15, 0.2) is 0 Å². The van der Waals surface area contributed by atoms with Gasteiger partial charge in [0, 0.05) is 16.3 Å². The maximum Gasteiger partial charge on any atom is 0.136 e. The molecule has 3 nitrogen and oxygen atoms in total. The number of pyridine rings is 2. The number of fused-ring (bicyclic) bond motifs is 3. The molecular formula is C36H25BrN2O. The molecule has 0 spiro atoms. The van der Waals surface area contributed by atoms with Crippen molar-refractivity contribution in [2.45, 2.75) is 13.8 Å². The van der Waals surface area contributed by atoms with Gasteiger partial charge in [-0.05, 0) is 106 Å². The third kappa shape index (κ3) is 4.31. The molecule has 4 heteroatoms. The van der Waals surface area contributed by atoms with Crippen LogP contribution in [0.4, 0.5) is 0 Å². The maximum absolute atomic E-state index is 6.41. The van der Waals surface area contributed by atoms with Gasteiger partial charge >= 0.3 is 0 Å². The monoisotopic (exact) mass is 580 g/mol. The minimum atomic E-state index is 0.779. The Morgan fingerprint density at radius 1 is 0.550 bits per heavy atom. The number of nitrogens with zero attached hydrogens (tertiary/aromatic N) is 2. The van der Waals surface area contributed by atoms with Crippen molar-refractivity contribution in [3.63, 3.8) is 0 Å². The highest BCUT2D eigenvalue weighted by molar-refractivity contribution is 9.10. The van der Waals surface area contributed by atoms with Gasteiger partial charge in [0.05, 0.1) is 17.1 Å². The Bertz CT molecular complexity index is 2020. The first kappa shape index (κ1) is 24.5.